The van der Waals surface area contributed by atoms with Crippen molar-refractivity contribution in [1.82, 2.24) is 5.43 Å². The van der Waals surface area contributed by atoms with E-state index in [-0.39, 0.29) is 5.96 Å². The monoisotopic (exact) mass is 220 g/mol. The van der Waals surface area contributed by atoms with Crippen LogP contribution in [0.5, 0.6) is 0 Å². The molecule has 0 aliphatic carbocycles. The predicted molar refractivity (Wildman–Crippen MR) is 46.1 cm³/mol. The number of hydrazine groups is 1. The Labute approximate surface area is 85.3 Å². The van der Waals surface area contributed by atoms with Crippen molar-refractivity contribution in [1.29, 1.82) is 0 Å². The number of nitrogens with zero attached hydrogens (tertiary/aromatic N) is 1. The number of carbonyl (C=O) groups is 1. The van der Waals surface area contributed by atoms with Gasteiger partial charge in [0.1, 0.15) is 6.04 Å². The van der Waals surface area contributed by atoms with Crippen molar-refractivity contribution in [3.63, 3.8) is 0 Å². The van der Waals surface area contributed by atoms with Crippen LogP contribution in [0.2, 0.25) is 0 Å². The quantitative estimate of drug-likeness (QED) is 0.114. The molecular weight excluding hydrogens is 206 g/mol. The van der Waals surface area contributed by atoms with Gasteiger partial charge in [0, 0.05) is 11.8 Å². The number of aliphatic carboxylic acids is 1. The lowest BCUT2D eigenvalue weighted by Crippen LogP contribution is -2.79. The highest BCUT2D eigenvalue weighted by Crippen LogP contribution is 1.87. The van der Waals surface area contributed by atoms with Gasteiger partial charge in [0.15, 0.2) is 0 Å². The molecule has 0 aromatic heterocycles. The van der Waals surface area contributed by atoms with Crippen molar-refractivity contribution < 1.29 is 25.7 Å². The maximum absolute atomic E-state index is 10.2. The lowest BCUT2D eigenvalue weighted by Gasteiger charge is -2.06. The number of quaternary nitrogens is 1. The highest BCUT2D eigenvalue weighted by Gasteiger charge is 2.08. The van der Waals surface area contributed by atoms with Crippen molar-refractivity contribution in [2.45, 2.75) is 18.9 Å². The summed E-state index contributed by atoms with van der Waals surface area (Å²) in [4.78, 5) is 22.7. The molecule has 0 fully saturated rings. The molecule has 0 bridgehead atoms. The maximum atomic E-state index is 10.2. The number of carboxylic acid groups (broad SMARTS) is 1. The third kappa shape index (κ3) is 7.19. The second kappa shape index (κ2) is 6.54. The Balaban J connectivity index is 3.69. The van der Waals surface area contributed by atoms with Gasteiger partial charge < -0.3 is 15.6 Å². The molecule has 0 heterocycles. The molecular formula is C6H14N5O4+. The van der Waals surface area contributed by atoms with E-state index in [1.807, 2.05) is 0 Å². The summed E-state index contributed by atoms with van der Waals surface area (Å²) in [6.45, 7) is 0.325. The zero-order chi connectivity index (χ0) is 11.8. The molecule has 1 atom stereocenters. The number of nitrogens with two attached hydrogens (primary N) is 1. The smallest absolute Gasteiger partial charge is 0.403 e. The van der Waals surface area contributed by atoms with E-state index in [4.69, 9.17) is 5.73 Å². The van der Waals surface area contributed by atoms with Gasteiger partial charge in [0.2, 0.25) is 5.03 Å². The van der Waals surface area contributed by atoms with Crippen molar-refractivity contribution in [2.24, 2.45) is 5.73 Å². The molecule has 9 heteroatoms. The van der Waals surface area contributed by atoms with Crippen LogP contribution in [0.15, 0.2) is 0 Å². The standard InChI is InChI=1S/C6H13N5O4/c7-4(5(12)13)2-1-3-9-6(8)10-11(14)15/h4H,1-3,7H2,(H,12,13)(H3,8,9,10)/p+1/t4-/m1/s1. The van der Waals surface area contributed by atoms with Crippen molar-refractivity contribution >= 4 is 11.9 Å². The number of nitro groups is 1. The summed E-state index contributed by atoms with van der Waals surface area (Å²) in [5.74, 6) is -1.40. The largest absolute Gasteiger partial charge is 0.544 e. The Hall–Kier alpha value is -1.90. The van der Waals surface area contributed by atoms with E-state index in [9.17, 15) is 20.0 Å². The van der Waals surface area contributed by atoms with E-state index in [0.717, 1.165) is 0 Å². The summed E-state index contributed by atoms with van der Waals surface area (Å²) in [6, 6.07) is -0.781. The molecule has 0 aliphatic rings. The first-order valence-corrected chi connectivity index (χ1v) is 4.24. The molecule has 0 spiro atoms. The minimum atomic E-state index is -1.21. The van der Waals surface area contributed by atoms with Crippen LogP contribution in [0, 0.1) is 10.1 Å². The molecule has 0 radical (unpaired) electrons. The summed E-state index contributed by atoms with van der Waals surface area (Å²) in [5.41, 5.74) is 10.2. The Morgan fingerprint density at radius 1 is 1.67 bits per heavy atom. The third-order valence-electron chi connectivity index (χ3n) is 1.59. The number of carbonyl (C=O) groups excluding carboxylic acids is 1. The predicted octanol–water partition coefficient (Wildman–Crippen LogP) is -5.70. The zero-order valence-corrected chi connectivity index (χ0v) is 8.06. The van der Waals surface area contributed by atoms with E-state index >= 15 is 0 Å². The molecule has 0 unspecified atom stereocenters. The number of carboxylic acids is 1. The molecule has 9 nitrogen and oxygen atoms in total. The van der Waals surface area contributed by atoms with Crippen molar-refractivity contribution in [3.8, 4) is 0 Å². The molecule has 0 aliphatic heterocycles. The summed E-state index contributed by atoms with van der Waals surface area (Å²) in [6.07, 6.45) is 0.795. The molecule has 86 valence electrons. The Kier molecular flexibility index (Phi) is 5.71. The van der Waals surface area contributed by atoms with Gasteiger partial charge in [0.05, 0.1) is 12.5 Å². The second-order valence-corrected chi connectivity index (χ2v) is 2.87. The van der Waals surface area contributed by atoms with E-state index in [2.05, 4.69) is 10.7 Å². The van der Waals surface area contributed by atoms with Crippen molar-refractivity contribution in [2.75, 3.05) is 6.54 Å². The van der Waals surface area contributed by atoms with E-state index in [1.165, 1.54) is 0 Å². The molecule has 0 saturated heterocycles. The van der Waals surface area contributed by atoms with E-state index in [0.29, 0.717) is 19.4 Å². The van der Waals surface area contributed by atoms with Gasteiger partial charge in [-0.05, 0) is 6.42 Å². The van der Waals surface area contributed by atoms with E-state index < -0.39 is 17.0 Å². The zero-order valence-electron chi connectivity index (χ0n) is 8.06. The van der Waals surface area contributed by atoms with Gasteiger partial charge >= 0.3 is 5.96 Å². The number of rotatable bonds is 6. The lowest BCUT2D eigenvalue weighted by atomic mass is 10.2. The normalized spacial score (nSPS) is 13.3. The molecule has 0 aromatic carbocycles. The number of guanidine groups is 1. The maximum Gasteiger partial charge on any atom is 0.403 e. The van der Waals surface area contributed by atoms with Gasteiger partial charge in [-0.1, -0.05) is 0 Å². The second-order valence-electron chi connectivity index (χ2n) is 2.87. The topological polar surface area (TPSA) is 163 Å². The van der Waals surface area contributed by atoms with Crippen LogP contribution in [-0.4, -0.2) is 29.5 Å². The van der Waals surface area contributed by atoms with Crippen LogP contribution in [0.3, 0.4) is 0 Å². The van der Waals surface area contributed by atoms with Crippen molar-refractivity contribution in [3.05, 3.63) is 10.1 Å². The van der Waals surface area contributed by atoms with Crippen LogP contribution in [0.25, 0.3) is 0 Å². The average molecular weight is 220 g/mol. The lowest BCUT2D eigenvalue weighted by molar-refractivity contribution is -0.547. The fourth-order valence-corrected chi connectivity index (χ4v) is 0.827. The summed E-state index contributed by atoms with van der Waals surface area (Å²) in [7, 11) is 0. The molecule has 15 heavy (non-hydrogen) atoms. The SMILES string of the molecule is NC(N[N+](=O)[O-])=[NH+]CCC[C@@H]([NH3+])C(=O)[O-]. The molecule has 0 aromatic rings. The molecule has 7 N–H and O–H groups in total. The number of nitrogens with one attached hydrogen (secondary N) is 2. The van der Waals surface area contributed by atoms with Gasteiger partial charge in [-0.2, -0.15) is 0 Å². The minimum Gasteiger partial charge on any atom is -0.544 e. The highest BCUT2D eigenvalue weighted by atomic mass is 16.7. The first kappa shape index (κ1) is 13.1. The Morgan fingerprint density at radius 3 is 2.73 bits per heavy atom. The first-order chi connectivity index (χ1) is 6.93. The minimum absolute atomic E-state index is 0.186. The van der Waals surface area contributed by atoms with E-state index in [1.54, 1.807) is 5.43 Å². The molecule has 0 rings (SSSR count). The van der Waals surface area contributed by atoms with Crippen LogP contribution in [-0.2, 0) is 4.79 Å². The number of hydrogen-bond donors (Lipinski definition) is 4. The Bertz CT molecular complexity index is 266. The van der Waals surface area contributed by atoms with Crippen LogP contribution < -0.4 is 27.0 Å². The van der Waals surface area contributed by atoms with Gasteiger partial charge in [-0.15, -0.1) is 0 Å². The van der Waals surface area contributed by atoms with Crippen LogP contribution in [0.4, 0.5) is 0 Å². The fraction of sp³-hybridized carbons (Fsp3) is 0.667. The first-order valence-electron chi connectivity index (χ1n) is 4.24. The van der Waals surface area contributed by atoms with Gasteiger partial charge in [-0.25, -0.2) is 10.1 Å². The van der Waals surface area contributed by atoms with Gasteiger partial charge in [0.25, 0.3) is 0 Å². The molecule has 0 amide bonds. The Morgan fingerprint density at radius 2 is 2.27 bits per heavy atom. The van der Waals surface area contributed by atoms with Crippen LogP contribution in [0.1, 0.15) is 12.8 Å². The van der Waals surface area contributed by atoms with Gasteiger partial charge in [-0.3, -0.25) is 10.7 Å². The fourth-order valence-electron chi connectivity index (χ4n) is 0.827. The average Bonchev–Trinajstić information content (AvgIpc) is 2.10. The summed E-state index contributed by atoms with van der Waals surface area (Å²) in [5, 5.41) is 19.3. The molecule has 0 saturated carbocycles. The summed E-state index contributed by atoms with van der Waals surface area (Å²) >= 11 is 0. The number of hydrogen-bond acceptors (Lipinski definition) is 4. The summed E-state index contributed by atoms with van der Waals surface area (Å²) < 4.78 is 0. The third-order valence-corrected chi connectivity index (χ3v) is 1.59. The van der Waals surface area contributed by atoms with Crippen LogP contribution >= 0.6 is 0 Å². The highest BCUT2D eigenvalue weighted by molar-refractivity contribution is 5.70.